The van der Waals surface area contributed by atoms with E-state index in [2.05, 4.69) is 18.8 Å². The zero-order valence-electron chi connectivity index (χ0n) is 5.76. The van der Waals surface area contributed by atoms with Crippen LogP contribution in [0.25, 0.3) is 0 Å². The van der Waals surface area contributed by atoms with E-state index in [1.54, 1.807) is 0 Å². The highest BCUT2D eigenvalue weighted by Crippen LogP contribution is 2.02. The molecule has 0 saturated carbocycles. The van der Waals surface area contributed by atoms with E-state index < -0.39 is 0 Å². The average molecular weight is 127 g/mol. The summed E-state index contributed by atoms with van der Waals surface area (Å²) >= 11 is 0. The smallest absolute Gasteiger partial charge is 0.0881 e. The summed E-state index contributed by atoms with van der Waals surface area (Å²) in [6, 6.07) is 0. The van der Waals surface area contributed by atoms with E-state index >= 15 is 0 Å². The van der Waals surface area contributed by atoms with Gasteiger partial charge in [-0.05, 0) is 6.92 Å². The van der Waals surface area contributed by atoms with Crippen molar-refractivity contribution in [3.8, 4) is 0 Å². The van der Waals surface area contributed by atoms with Crippen LogP contribution in [0.1, 0.15) is 6.92 Å². The monoisotopic (exact) mass is 127 g/mol. The summed E-state index contributed by atoms with van der Waals surface area (Å²) in [4.78, 5) is 0. The van der Waals surface area contributed by atoms with Gasteiger partial charge in [0.1, 0.15) is 0 Å². The van der Waals surface area contributed by atoms with E-state index in [0.29, 0.717) is 6.10 Å². The van der Waals surface area contributed by atoms with Crippen molar-refractivity contribution in [2.75, 3.05) is 13.1 Å². The predicted octanol–water partition coefficient (Wildman–Crippen LogP) is 0.549. The molecule has 1 fully saturated rings. The third-order valence-electron chi connectivity index (χ3n) is 1.45. The van der Waals surface area contributed by atoms with E-state index in [-0.39, 0.29) is 6.10 Å². The second kappa shape index (κ2) is 2.99. The topological polar surface area (TPSA) is 21.3 Å². The largest absolute Gasteiger partial charge is 0.369 e. The molecular weight excluding hydrogens is 114 g/mol. The first-order valence-corrected chi connectivity index (χ1v) is 3.31. The molecule has 0 aromatic rings. The number of ether oxygens (including phenoxy) is 1. The molecule has 1 heterocycles. The van der Waals surface area contributed by atoms with Crippen LogP contribution in [0.3, 0.4) is 0 Å². The normalized spacial score (nSPS) is 36.1. The molecule has 0 amide bonds. The lowest BCUT2D eigenvalue weighted by molar-refractivity contribution is -0.00124. The molecule has 0 aromatic carbocycles. The Bertz CT molecular complexity index is 103. The molecule has 2 nitrogen and oxygen atoms in total. The molecule has 1 N–H and O–H groups in total. The highest BCUT2D eigenvalue weighted by Gasteiger charge is 2.14. The molecule has 1 aliphatic rings. The lowest BCUT2D eigenvalue weighted by Gasteiger charge is -2.26. The maximum atomic E-state index is 5.45. The molecule has 1 saturated heterocycles. The molecule has 2 atom stereocenters. The van der Waals surface area contributed by atoms with Gasteiger partial charge in [0.15, 0.2) is 0 Å². The van der Waals surface area contributed by atoms with E-state index in [9.17, 15) is 0 Å². The zero-order valence-corrected chi connectivity index (χ0v) is 5.76. The lowest BCUT2D eigenvalue weighted by Crippen LogP contribution is -2.42. The van der Waals surface area contributed by atoms with Crippen molar-refractivity contribution in [2.45, 2.75) is 19.1 Å². The molecule has 0 aromatic heterocycles. The van der Waals surface area contributed by atoms with Crippen molar-refractivity contribution in [1.29, 1.82) is 0 Å². The highest BCUT2D eigenvalue weighted by molar-refractivity contribution is 4.85. The maximum Gasteiger partial charge on any atom is 0.0881 e. The van der Waals surface area contributed by atoms with Crippen molar-refractivity contribution in [3.05, 3.63) is 12.7 Å². The van der Waals surface area contributed by atoms with Crippen molar-refractivity contribution in [2.24, 2.45) is 0 Å². The third kappa shape index (κ3) is 1.80. The maximum absolute atomic E-state index is 5.45. The molecule has 1 aliphatic heterocycles. The first kappa shape index (κ1) is 6.78. The van der Waals surface area contributed by atoms with Crippen LogP contribution in [0.4, 0.5) is 0 Å². The molecule has 0 spiro atoms. The van der Waals surface area contributed by atoms with Crippen LogP contribution >= 0.6 is 0 Å². The van der Waals surface area contributed by atoms with E-state index in [4.69, 9.17) is 4.74 Å². The summed E-state index contributed by atoms with van der Waals surface area (Å²) in [5, 5.41) is 3.24. The lowest BCUT2D eigenvalue weighted by atomic mass is 10.2. The molecule has 2 heteroatoms. The van der Waals surface area contributed by atoms with Crippen LogP contribution in [0.2, 0.25) is 0 Å². The fourth-order valence-electron chi connectivity index (χ4n) is 0.962. The summed E-state index contributed by atoms with van der Waals surface area (Å²) in [6.45, 7) is 7.59. The molecule has 0 aliphatic carbocycles. The summed E-state index contributed by atoms with van der Waals surface area (Å²) in [5.74, 6) is 0. The Morgan fingerprint density at radius 1 is 1.67 bits per heavy atom. The van der Waals surface area contributed by atoms with Gasteiger partial charge in [0.05, 0.1) is 12.2 Å². The highest BCUT2D eigenvalue weighted by atomic mass is 16.5. The van der Waals surface area contributed by atoms with Gasteiger partial charge in [-0.3, -0.25) is 0 Å². The summed E-state index contributed by atoms with van der Waals surface area (Å²) in [6.07, 6.45) is 2.39. The molecule has 0 unspecified atom stereocenters. The van der Waals surface area contributed by atoms with Crippen molar-refractivity contribution in [3.63, 3.8) is 0 Å². The van der Waals surface area contributed by atoms with E-state index in [0.717, 1.165) is 13.1 Å². The number of morpholine rings is 1. The Hall–Kier alpha value is -0.340. The molecular formula is C7H13NO. The number of nitrogens with one attached hydrogen (secondary N) is 1. The Labute approximate surface area is 55.9 Å². The summed E-state index contributed by atoms with van der Waals surface area (Å²) in [5.41, 5.74) is 0. The fraction of sp³-hybridized carbons (Fsp3) is 0.714. The second-order valence-corrected chi connectivity index (χ2v) is 2.38. The minimum absolute atomic E-state index is 0.216. The van der Waals surface area contributed by atoms with Gasteiger partial charge < -0.3 is 10.1 Å². The molecule has 1 rings (SSSR count). The number of hydrogen-bond acceptors (Lipinski definition) is 2. The van der Waals surface area contributed by atoms with Gasteiger partial charge in [-0.2, -0.15) is 0 Å². The first-order valence-electron chi connectivity index (χ1n) is 3.31. The fourth-order valence-corrected chi connectivity index (χ4v) is 0.962. The Morgan fingerprint density at radius 2 is 2.44 bits per heavy atom. The van der Waals surface area contributed by atoms with Crippen LogP contribution < -0.4 is 5.32 Å². The minimum Gasteiger partial charge on any atom is -0.369 e. The van der Waals surface area contributed by atoms with Crippen LogP contribution in [-0.4, -0.2) is 25.3 Å². The summed E-state index contributed by atoms with van der Waals surface area (Å²) < 4.78 is 5.45. The van der Waals surface area contributed by atoms with Crippen LogP contribution in [0.15, 0.2) is 12.7 Å². The van der Waals surface area contributed by atoms with Gasteiger partial charge in [0, 0.05) is 13.1 Å². The number of rotatable bonds is 1. The molecule has 0 bridgehead atoms. The van der Waals surface area contributed by atoms with Gasteiger partial charge in [-0.15, -0.1) is 6.58 Å². The van der Waals surface area contributed by atoms with Gasteiger partial charge >= 0.3 is 0 Å². The predicted molar refractivity (Wildman–Crippen MR) is 37.4 cm³/mol. The van der Waals surface area contributed by atoms with Crippen molar-refractivity contribution < 1.29 is 4.74 Å². The standard InChI is InChI=1S/C7H13NO/c1-3-7-5-8-4-6(2)9-7/h3,6-8H,1,4-5H2,2H3/t6-,7-/m1/s1. The third-order valence-corrected chi connectivity index (χ3v) is 1.45. The van der Waals surface area contributed by atoms with Gasteiger partial charge in [-0.1, -0.05) is 6.08 Å². The second-order valence-electron chi connectivity index (χ2n) is 2.38. The number of hydrogen-bond donors (Lipinski definition) is 1. The molecule has 52 valence electrons. The van der Waals surface area contributed by atoms with Gasteiger partial charge in [0.2, 0.25) is 0 Å². The SMILES string of the molecule is C=C[C@@H]1CNC[C@@H](C)O1. The van der Waals surface area contributed by atoms with E-state index in [1.807, 2.05) is 6.08 Å². The van der Waals surface area contributed by atoms with Crippen LogP contribution in [0.5, 0.6) is 0 Å². The minimum atomic E-state index is 0.216. The molecule has 0 radical (unpaired) electrons. The Kier molecular flexibility index (Phi) is 2.25. The zero-order chi connectivity index (χ0) is 6.69. The average Bonchev–Trinajstić information content (AvgIpc) is 1.88. The van der Waals surface area contributed by atoms with Crippen molar-refractivity contribution in [1.82, 2.24) is 5.32 Å². The Balaban J connectivity index is 2.31. The van der Waals surface area contributed by atoms with Gasteiger partial charge in [-0.25, -0.2) is 0 Å². The first-order chi connectivity index (χ1) is 4.33. The van der Waals surface area contributed by atoms with Crippen LogP contribution in [-0.2, 0) is 4.74 Å². The Morgan fingerprint density at radius 3 is 2.89 bits per heavy atom. The van der Waals surface area contributed by atoms with E-state index in [1.165, 1.54) is 0 Å². The quantitative estimate of drug-likeness (QED) is 0.519. The van der Waals surface area contributed by atoms with Gasteiger partial charge in [0.25, 0.3) is 0 Å². The van der Waals surface area contributed by atoms with Crippen LogP contribution in [0, 0.1) is 0 Å². The summed E-state index contributed by atoms with van der Waals surface area (Å²) in [7, 11) is 0. The van der Waals surface area contributed by atoms with Crippen molar-refractivity contribution >= 4 is 0 Å². The molecule has 9 heavy (non-hydrogen) atoms.